The van der Waals surface area contributed by atoms with Crippen molar-refractivity contribution in [1.82, 2.24) is 10.2 Å². The van der Waals surface area contributed by atoms with Gasteiger partial charge in [0.25, 0.3) is 0 Å². The molecule has 4 aromatic rings. The third-order valence-electron chi connectivity index (χ3n) is 4.44. The van der Waals surface area contributed by atoms with E-state index in [4.69, 9.17) is 9.15 Å². The maximum absolute atomic E-state index is 12.3. The van der Waals surface area contributed by atoms with E-state index >= 15 is 0 Å². The minimum absolute atomic E-state index is 0.260. The van der Waals surface area contributed by atoms with Crippen molar-refractivity contribution in [3.63, 3.8) is 0 Å². The zero-order chi connectivity index (χ0) is 20.8. The average molecular weight is 440 g/mol. The van der Waals surface area contributed by atoms with Crippen LogP contribution >= 0.6 is 23.1 Å². The summed E-state index contributed by atoms with van der Waals surface area (Å²) in [6.45, 7) is 2.88. The van der Waals surface area contributed by atoms with Gasteiger partial charge in [0.05, 0.1) is 6.61 Å². The molecule has 0 radical (unpaired) electrons. The SMILES string of the molecule is CCOC(=O)c1oc2ccccc2c1CSc1nnc(NCCc2ccccc2)s1. The molecule has 4 rings (SSSR count). The number of nitrogens with zero attached hydrogens (tertiary/aromatic N) is 2. The number of hydrogen-bond acceptors (Lipinski definition) is 8. The number of esters is 1. The third-order valence-corrected chi connectivity index (χ3v) is 6.48. The smallest absolute Gasteiger partial charge is 0.374 e. The van der Waals surface area contributed by atoms with Gasteiger partial charge in [-0.25, -0.2) is 4.79 Å². The van der Waals surface area contributed by atoms with Gasteiger partial charge < -0.3 is 14.5 Å². The Bertz CT molecular complexity index is 1130. The van der Waals surface area contributed by atoms with E-state index in [-0.39, 0.29) is 5.76 Å². The number of furan rings is 1. The predicted octanol–water partition coefficient (Wildman–Crippen LogP) is 5.41. The average Bonchev–Trinajstić information content (AvgIpc) is 3.37. The van der Waals surface area contributed by atoms with Crippen LogP contribution in [-0.2, 0) is 16.9 Å². The number of nitrogens with one attached hydrogen (secondary N) is 1. The van der Waals surface area contributed by atoms with E-state index in [0.717, 1.165) is 33.4 Å². The molecule has 2 aromatic heterocycles. The van der Waals surface area contributed by atoms with Crippen LogP contribution in [0.4, 0.5) is 5.13 Å². The molecule has 0 unspecified atom stereocenters. The first-order chi connectivity index (χ1) is 14.7. The normalized spacial score (nSPS) is 11.0. The largest absolute Gasteiger partial charge is 0.460 e. The molecule has 0 saturated heterocycles. The Morgan fingerprint density at radius 3 is 2.77 bits per heavy atom. The van der Waals surface area contributed by atoms with E-state index in [2.05, 4.69) is 27.6 Å². The van der Waals surface area contributed by atoms with Gasteiger partial charge in [-0.2, -0.15) is 0 Å². The molecule has 2 heterocycles. The minimum Gasteiger partial charge on any atom is -0.460 e. The number of thioether (sulfide) groups is 1. The van der Waals surface area contributed by atoms with Gasteiger partial charge in [-0.15, -0.1) is 10.2 Å². The zero-order valence-electron chi connectivity index (χ0n) is 16.5. The standard InChI is InChI=1S/C22H21N3O3S2/c1-2-27-20(26)19-17(16-10-6-7-11-18(16)28-19)14-29-22-25-24-21(30-22)23-13-12-15-8-4-3-5-9-15/h3-11H,2,12-14H2,1H3,(H,23,24). The van der Waals surface area contributed by atoms with Gasteiger partial charge in [-0.3, -0.25) is 0 Å². The summed E-state index contributed by atoms with van der Waals surface area (Å²) in [5.41, 5.74) is 2.78. The molecule has 2 aromatic carbocycles. The second-order valence-electron chi connectivity index (χ2n) is 6.45. The molecule has 6 nitrogen and oxygen atoms in total. The first-order valence-electron chi connectivity index (χ1n) is 9.66. The lowest BCUT2D eigenvalue weighted by atomic mass is 10.1. The number of aromatic nitrogens is 2. The molecule has 1 N–H and O–H groups in total. The number of carbonyl (C=O) groups excluding carboxylic acids is 1. The maximum atomic E-state index is 12.3. The Balaban J connectivity index is 1.41. The number of benzene rings is 2. The number of fused-ring (bicyclic) bond motifs is 1. The Labute approximate surface area is 182 Å². The molecule has 0 amide bonds. The van der Waals surface area contributed by atoms with Crippen LogP contribution in [0.5, 0.6) is 0 Å². The molecule has 0 aliphatic carbocycles. The van der Waals surface area contributed by atoms with Crippen molar-refractivity contribution in [1.29, 1.82) is 0 Å². The Morgan fingerprint density at radius 1 is 1.13 bits per heavy atom. The van der Waals surface area contributed by atoms with Crippen LogP contribution in [0.25, 0.3) is 11.0 Å². The summed E-state index contributed by atoms with van der Waals surface area (Å²) in [5.74, 6) is 0.366. The second-order valence-corrected chi connectivity index (χ2v) is 8.65. The molecule has 0 aliphatic rings. The van der Waals surface area contributed by atoms with E-state index in [1.807, 2.05) is 42.5 Å². The van der Waals surface area contributed by atoms with Crippen LogP contribution in [-0.4, -0.2) is 29.3 Å². The van der Waals surface area contributed by atoms with Gasteiger partial charge in [0.2, 0.25) is 10.9 Å². The molecule has 0 fully saturated rings. The van der Waals surface area contributed by atoms with Crippen molar-refractivity contribution in [3.05, 3.63) is 71.5 Å². The van der Waals surface area contributed by atoms with Gasteiger partial charge in [-0.05, 0) is 25.0 Å². The van der Waals surface area contributed by atoms with Gasteiger partial charge in [-0.1, -0.05) is 71.6 Å². The van der Waals surface area contributed by atoms with Crippen LogP contribution in [0.2, 0.25) is 0 Å². The Morgan fingerprint density at radius 2 is 1.93 bits per heavy atom. The van der Waals surface area contributed by atoms with Crippen LogP contribution in [0.15, 0.2) is 63.4 Å². The lowest BCUT2D eigenvalue weighted by Gasteiger charge is -2.02. The van der Waals surface area contributed by atoms with Crippen LogP contribution in [0.1, 0.15) is 28.6 Å². The molecule has 0 bridgehead atoms. The number of carbonyl (C=O) groups is 1. The molecular weight excluding hydrogens is 418 g/mol. The van der Waals surface area contributed by atoms with E-state index in [1.54, 1.807) is 6.92 Å². The summed E-state index contributed by atoms with van der Waals surface area (Å²) in [7, 11) is 0. The first-order valence-corrected chi connectivity index (χ1v) is 11.5. The van der Waals surface area contributed by atoms with Crippen molar-refractivity contribution in [3.8, 4) is 0 Å². The maximum Gasteiger partial charge on any atom is 0.374 e. The number of rotatable bonds is 9. The highest BCUT2D eigenvalue weighted by Gasteiger charge is 2.22. The fourth-order valence-electron chi connectivity index (χ4n) is 3.04. The second kappa shape index (κ2) is 9.77. The van der Waals surface area contributed by atoms with Gasteiger partial charge in [0.1, 0.15) is 5.58 Å². The fraction of sp³-hybridized carbons (Fsp3) is 0.227. The van der Waals surface area contributed by atoms with Crippen LogP contribution in [0, 0.1) is 0 Å². The third kappa shape index (κ3) is 4.83. The number of hydrogen-bond donors (Lipinski definition) is 1. The highest BCUT2D eigenvalue weighted by Crippen LogP contribution is 2.34. The summed E-state index contributed by atoms with van der Waals surface area (Å²) in [4.78, 5) is 12.3. The van der Waals surface area contributed by atoms with Crippen molar-refractivity contribution in [2.24, 2.45) is 0 Å². The summed E-state index contributed by atoms with van der Waals surface area (Å²) >= 11 is 3.03. The summed E-state index contributed by atoms with van der Waals surface area (Å²) < 4.78 is 11.8. The number of anilines is 1. The number of para-hydroxylation sites is 1. The van der Waals surface area contributed by atoms with Crippen LogP contribution < -0.4 is 5.32 Å². The van der Waals surface area contributed by atoms with Gasteiger partial charge in [0, 0.05) is 23.2 Å². The predicted molar refractivity (Wildman–Crippen MR) is 120 cm³/mol. The monoisotopic (exact) mass is 439 g/mol. The van der Waals surface area contributed by atoms with Crippen molar-refractivity contribution in [2.75, 3.05) is 18.5 Å². The van der Waals surface area contributed by atoms with E-state index in [1.165, 1.54) is 28.7 Å². The van der Waals surface area contributed by atoms with E-state index in [9.17, 15) is 4.79 Å². The van der Waals surface area contributed by atoms with Gasteiger partial charge in [0.15, 0.2) is 4.34 Å². The molecule has 154 valence electrons. The minimum atomic E-state index is -0.440. The fourth-order valence-corrected chi connectivity index (χ4v) is 4.84. The molecule has 8 heteroatoms. The Kier molecular flexibility index (Phi) is 6.66. The first kappa shape index (κ1) is 20.4. The van der Waals surface area contributed by atoms with Crippen LogP contribution in [0.3, 0.4) is 0 Å². The highest BCUT2D eigenvalue weighted by atomic mass is 32.2. The summed E-state index contributed by atoms with van der Waals surface area (Å²) in [6, 6.07) is 17.9. The van der Waals surface area contributed by atoms with E-state index < -0.39 is 5.97 Å². The Hall–Kier alpha value is -2.84. The lowest BCUT2D eigenvalue weighted by Crippen LogP contribution is -2.05. The summed E-state index contributed by atoms with van der Waals surface area (Å²) in [5, 5.41) is 13.5. The number of ether oxygens (including phenoxy) is 1. The van der Waals surface area contributed by atoms with Gasteiger partial charge >= 0.3 is 5.97 Å². The highest BCUT2D eigenvalue weighted by molar-refractivity contribution is 8.00. The molecule has 0 saturated carbocycles. The lowest BCUT2D eigenvalue weighted by molar-refractivity contribution is 0.0491. The van der Waals surface area contributed by atoms with Crippen molar-refractivity contribution < 1.29 is 13.9 Å². The molecular formula is C22H21N3O3S2. The molecule has 0 atom stereocenters. The summed E-state index contributed by atoms with van der Waals surface area (Å²) in [6.07, 6.45) is 0.923. The molecule has 30 heavy (non-hydrogen) atoms. The van der Waals surface area contributed by atoms with E-state index in [0.29, 0.717) is 17.9 Å². The molecule has 0 aliphatic heterocycles. The van der Waals surface area contributed by atoms with Crippen molar-refractivity contribution in [2.45, 2.75) is 23.4 Å². The quantitative estimate of drug-likeness (QED) is 0.276. The molecule has 0 spiro atoms. The van der Waals surface area contributed by atoms with Crippen molar-refractivity contribution >= 4 is 45.2 Å². The topological polar surface area (TPSA) is 77.2 Å². The zero-order valence-corrected chi connectivity index (χ0v) is 18.1.